The van der Waals surface area contributed by atoms with E-state index in [1.807, 2.05) is 17.4 Å². The van der Waals surface area contributed by atoms with Crippen molar-refractivity contribution in [3.05, 3.63) is 29.2 Å². The van der Waals surface area contributed by atoms with Crippen molar-refractivity contribution in [1.29, 1.82) is 5.26 Å². The van der Waals surface area contributed by atoms with Crippen LogP contribution in [0.4, 0.5) is 0 Å². The predicted octanol–water partition coefficient (Wildman–Crippen LogP) is 4.96. The highest BCUT2D eigenvalue weighted by molar-refractivity contribution is 7.99. The van der Waals surface area contributed by atoms with Gasteiger partial charge in [-0.25, -0.2) is 0 Å². The lowest BCUT2D eigenvalue weighted by molar-refractivity contribution is 0.217. The van der Waals surface area contributed by atoms with E-state index in [4.69, 9.17) is 5.26 Å². The van der Waals surface area contributed by atoms with E-state index in [9.17, 15) is 0 Å². The van der Waals surface area contributed by atoms with Gasteiger partial charge in [-0.1, -0.05) is 38.6 Å². The Morgan fingerprint density at radius 2 is 2.28 bits per heavy atom. The maximum absolute atomic E-state index is 8.83. The van der Waals surface area contributed by atoms with Crippen LogP contribution in [0.1, 0.15) is 37.6 Å². The van der Waals surface area contributed by atoms with E-state index in [0.29, 0.717) is 17.7 Å². The molecule has 0 spiro atoms. The van der Waals surface area contributed by atoms with Crippen molar-refractivity contribution < 1.29 is 0 Å². The number of hydrogen-bond donors (Lipinski definition) is 0. The monoisotopic (exact) mass is 372 g/mol. The fourth-order valence-corrected chi connectivity index (χ4v) is 5.15. The summed E-state index contributed by atoms with van der Waals surface area (Å²) >= 11 is 3.27. The molecule has 25 heavy (non-hydrogen) atoms. The van der Waals surface area contributed by atoms with Gasteiger partial charge in [0.05, 0.1) is 16.7 Å². The lowest BCUT2D eigenvalue weighted by Gasteiger charge is -2.33. The Morgan fingerprint density at radius 3 is 2.96 bits per heavy atom. The minimum Gasteiger partial charge on any atom is -0.297 e. The maximum atomic E-state index is 8.83. The second-order valence-electron chi connectivity index (χ2n) is 7.52. The molecular formula is C19H24N4S2. The van der Waals surface area contributed by atoms with Crippen molar-refractivity contribution in [1.82, 2.24) is 14.8 Å². The van der Waals surface area contributed by atoms with Crippen LogP contribution >= 0.6 is 23.1 Å². The molecule has 4 nitrogen and oxygen atoms in total. The topological polar surface area (TPSA) is 54.5 Å². The molecule has 1 atom stereocenters. The zero-order valence-corrected chi connectivity index (χ0v) is 16.7. The molecule has 0 radical (unpaired) electrons. The van der Waals surface area contributed by atoms with Crippen molar-refractivity contribution in [3.8, 4) is 16.8 Å². The van der Waals surface area contributed by atoms with Gasteiger partial charge in [0, 0.05) is 11.4 Å². The summed E-state index contributed by atoms with van der Waals surface area (Å²) in [4.78, 5) is 2.67. The molecule has 2 heterocycles. The summed E-state index contributed by atoms with van der Waals surface area (Å²) in [6, 6.07) is 4.46. The normalized spacial score (nSPS) is 17.1. The summed E-state index contributed by atoms with van der Waals surface area (Å²) in [7, 11) is 0. The Kier molecular flexibility index (Phi) is 5.35. The standard InChI is InChI=1S/C19H24N4S2/c1-5-9-23-17(21-22-18(23)24-10-8-20)16-12-13-11-14(19(2,3)4)6-7-15(13)25-16/h5,12,14H,1,6-7,9-11H2,2-4H3/t14-/m1/s1. The number of rotatable bonds is 5. The first-order valence-electron chi connectivity index (χ1n) is 8.59. The Hall–Kier alpha value is -1.58. The SMILES string of the molecule is C=CCn1c(SCC#N)nnc1-c1cc2c(s1)CC[C@@H](C(C)(C)C)C2. The fourth-order valence-electron chi connectivity index (χ4n) is 3.34. The summed E-state index contributed by atoms with van der Waals surface area (Å²) < 4.78 is 2.06. The van der Waals surface area contributed by atoms with Crippen LogP contribution in [0.3, 0.4) is 0 Å². The summed E-state index contributed by atoms with van der Waals surface area (Å²) in [5.74, 6) is 2.01. The first kappa shape index (κ1) is 18.2. The number of thioether (sulfide) groups is 1. The van der Waals surface area contributed by atoms with Crippen molar-refractivity contribution in [2.24, 2.45) is 11.3 Å². The molecule has 2 aromatic heterocycles. The van der Waals surface area contributed by atoms with Crippen LogP contribution in [0.2, 0.25) is 0 Å². The molecule has 0 saturated carbocycles. The van der Waals surface area contributed by atoms with E-state index in [-0.39, 0.29) is 0 Å². The highest BCUT2D eigenvalue weighted by Crippen LogP contribution is 2.42. The van der Waals surface area contributed by atoms with Gasteiger partial charge in [-0.3, -0.25) is 4.57 Å². The number of aromatic nitrogens is 3. The number of hydrogen-bond acceptors (Lipinski definition) is 5. The predicted molar refractivity (Wildman–Crippen MR) is 105 cm³/mol. The quantitative estimate of drug-likeness (QED) is 0.550. The number of nitrogens with zero attached hydrogens (tertiary/aromatic N) is 4. The molecule has 0 unspecified atom stereocenters. The van der Waals surface area contributed by atoms with Crippen LogP contribution in [0, 0.1) is 22.7 Å². The van der Waals surface area contributed by atoms with Gasteiger partial charge in [0.2, 0.25) is 0 Å². The van der Waals surface area contributed by atoms with E-state index in [2.05, 4.69) is 54.3 Å². The van der Waals surface area contributed by atoms with Crippen molar-refractivity contribution in [2.45, 2.75) is 51.7 Å². The Balaban J connectivity index is 1.91. The van der Waals surface area contributed by atoms with Crippen molar-refractivity contribution in [2.75, 3.05) is 5.75 Å². The molecule has 0 amide bonds. The number of allylic oxidation sites excluding steroid dienone is 1. The average molecular weight is 373 g/mol. The second kappa shape index (κ2) is 7.35. The van der Waals surface area contributed by atoms with Gasteiger partial charge in [0.1, 0.15) is 0 Å². The third-order valence-electron chi connectivity index (χ3n) is 4.82. The third kappa shape index (κ3) is 3.83. The maximum Gasteiger partial charge on any atom is 0.192 e. The van der Waals surface area contributed by atoms with Gasteiger partial charge in [-0.15, -0.1) is 28.1 Å². The number of thiophene rings is 1. The molecule has 6 heteroatoms. The molecule has 0 aliphatic heterocycles. The first-order valence-corrected chi connectivity index (χ1v) is 10.4. The van der Waals surface area contributed by atoms with Gasteiger partial charge < -0.3 is 0 Å². The summed E-state index contributed by atoms with van der Waals surface area (Å²) in [6.07, 6.45) is 5.43. The van der Waals surface area contributed by atoms with Crippen molar-refractivity contribution in [3.63, 3.8) is 0 Å². The third-order valence-corrected chi connectivity index (χ3v) is 6.89. The highest BCUT2D eigenvalue weighted by Gasteiger charge is 2.30. The Labute approximate surface area is 158 Å². The minimum atomic E-state index is 0.351. The van der Waals surface area contributed by atoms with Gasteiger partial charge in [-0.2, -0.15) is 5.26 Å². The summed E-state index contributed by atoms with van der Waals surface area (Å²) in [5, 5.41) is 18.3. The molecule has 0 fully saturated rings. The molecular weight excluding hydrogens is 348 g/mol. The zero-order chi connectivity index (χ0) is 18.0. The van der Waals surface area contributed by atoms with Gasteiger partial charge in [-0.05, 0) is 42.2 Å². The second-order valence-corrected chi connectivity index (χ2v) is 9.60. The molecule has 132 valence electrons. The molecule has 1 aliphatic rings. The van der Waals surface area contributed by atoms with Gasteiger partial charge in [0.15, 0.2) is 11.0 Å². The van der Waals surface area contributed by atoms with E-state index >= 15 is 0 Å². The molecule has 3 rings (SSSR count). The molecule has 2 aromatic rings. The first-order chi connectivity index (χ1) is 11.9. The number of fused-ring (bicyclic) bond motifs is 1. The van der Waals surface area contributed by atoms with E-state index in [1.54, 1.807) is 0 Å². The van der Waals surface area contributed by atoms with Crippen LogP contribution in [0.15, 0.2) is 23.9 Å². The fraction of sp³-hybridized carbons (Fsp3) is 0.526. The smallest absolute Gasteiger partial charge is 0.192 e. The Bertz CT molecular complexity index is 804. The van der Waals surface area contributed by atoms with Crippen LogP contribution < -0.4 is 0 Å². The van der Waals surface area contributed by atoms with Crippen LogP contribution in [-0.4, -0.2) is 20.5 Å². The molecule has 0 N–H and O–H groups in total. The van der Waals surface area contributed by atoms with E-state index in [1.165, 1.54) is 33.5 Å². The number of nitriles is 1. The molecule has 0 bridgehead atoms. The average Bonchev–Trinajstić information content (AvgIpc) is 3.15. The lowest BCUT2D eigenvalue weighted by atomic mass is 9.72. The van der Waals surface area contributed by atoms with Crippen molar-refractivity contribution >= 4 is 23.1 Å². The molecule has 0 aromatic carbocycles. The number of aryl methyl sites for hydroxylation is 1. The van der Waals surface area contributed by atoms with Crippen LogP contribution in [-0.2, 0) is 19.4 Å². The largest absolute Gasteiger partial charge is 0.297 e. The van der Waals surface area contributed by atoms with E-state index < -0.39 is 0 Å². The van der Waals surface area contributed by atoms with Gasteiger partial charge in [0.25, 0.3) is 0 Å². The lowest BCUT2D eigenvalue weighted by Crippen LogP contribution is -2.26. The van der Waals surface area contributed by atoms with Crippen LogP contribution in [0.5, 0.6) is 0 Å². The molecule has 0 saturated heterocycles. The van der Waals surface area contributed by atoms with E-state index in [0.717, 1.165) is 29.7 Å². The summed E-state index contributed by atoms with van der Waals surface area (Å²) in [6.45, 7) is 11.5. The Morgan fingerprint density at radius 1 is 1.48 bits per heavy atom. The van der Waals surface area contributed by atoms with Gasteiger partial charge >= 0.3 is 0 Å². The summed E-state index contributed by atoms with van der Waals surface area (Å²) in [5.41, 5.74) is 1.83. The minimum absolute atomic E-state index is 0.351. The van der Waals surface area contributed by atoms with Crippen LogP contribution in [0.25, 0.3) is 10.7 Å². The zero-order valence-electron chi connectivity index (χ0n) is 15.1. The highest BCUT2D eigenvalue weighted by atomic mass is 32.2. The molecule has 1 aliphatic carbocycles.